The molecule has 31 heavy (non-hydrogen) atoms. The lowest BCUT2D eigenvalue weighted by Crippen LogP contribution is -2.22. The number of hydrogen-bond acceptors (Lipinski definition) is 5. The number of anilines is 1. The van der Waals surface area contributed by atoms with Crippen LogP contribution in [0.25, 0.3) is 5.78 Å². The average molecular weight is 438 g/mol. The monoisotopic (exact) mass is 437 g/mol. The van der Waals surface area contributed by atoms with E-state index in [0.717, 1.165) is 4.90 Å². The second-order valence-electron chi connectivity index (χ2n) is 7.17. The van der Waals surface area contributed by atoms with Crippen LogP contribution in [0.5, 0.6) is 0 Å². The van der Waals surface area contributed by atoms with Crippen molar-refractivity contribution in [2.75, 3.05) is 5.32 Å². The van der Waals surface area contributed by atoms with Crippen molar-refractivity contribution in [1.29, 1.82) is 0 Å². The van der Waals surface area contributed by atoms with Gasteiger partial charge in [0.25, 0.3) is 17.2 Å². The van der Waals surface area contributed by atoms with E-state index < -0.39 is 11.7 Å². The van der Waals surface area contributed by atoms with Crippen LogP contribution in [0.3, 0.4) is 0 Å². The summed E-state index contributed by atoms with van der Waals surface area (Å²) in [6.07, 6.45) is 1.60. The van der Waals surface area contributed by atoms with Gasteiger partial charge in [-0.3, -0.25) is 14.3 Å². The van der Waals surface area contributed by atoms with Crippen molar-refractivity contribution >= 4 is 29.1 Å². The number of benzene rings is 2. The van der Waals surface area contributed by atoms with E-state index in [2.05, 4.69) is 15.3 Å². The highest BCUT2D eigenvalue weighted by Gasteiger charge is 2.13. The highest BCUT2D eigenvalue weighted by atomic mass is 32.2. The minimum absolute atomic E-state index is 0.0818. The van der Waals surface area contributed by atoms with E-state index in [1.807, 2.05) is 26.0 Å². The van der Waals surface area contributed by atoms with Gasteiger partial charge >= 0.3 is 0 Å². The maximum atomic E-state index is 13.4. The van der Waals surface area contributed by atoms with Crippen LogP contribution in [0.15, 0.2) is 70.6 Å². The predicted octanol–water partition coefficient (Wildman–Crippen LogP) is 4.16. The smallest absolute Gasteiger partial charge is 0.274 e. The van der Waals surface area contributed by atoms with E-state index in [4.69, 9.17) is 0 Å². The second-order valence-corrected chi connectivity index (χ2v) is 8.18. The lowest BCUT2D eigenvalue weighted by atomic mass is 10.2. The fourth-order valence-electron chi connectivity index (χ4n) is 3.08. The maximum Gasteiger partial charge on any atom is 0.274 e. The van der Waals surface area contributed by atoms with E-state index in [9.17, 15) is 14.0 Å². The number of thioether (sulfide) groups is 1. The lowest BCUT2D eigenvalue weighted by molar-refractivity contribution is 0.102. The van der Waals surface area contributed by atoms with Gasteiger partial charge in [0.15, 0.2) is 0 Å². The number of carbonyl (C=O) groups excluding carboxylic acids is 1. The lowest BCUT2D eigenvalue weighted by Gasteiger charge is -2.11. The SMILES string of the molecule is CC(C)n1cnc2nc(CSc3ccccc3NC(=O)c3cccc(F)c3)cc(=O)n21. The molecule has 1 N–H and O–H groups in total. The molecule has 0 bridgehead atoms. The highest BCUT2D eigenvalue weighted by Crippen LogP contribution is 2.29. The van der Waals surface area contributed by atoms with Crippen molar-refractivity contribution < 1.29 is 9.18 Å². The minimum atomic E-state index is -0.469. The Bertz CT molecular complexity index is 1310. The molecule has 4 rings (SSSR count). The summed E-state index contributed by atoms with van der Waals surface area (Å²) in [6, 6.07) is 14.4. The molecule has 0 aliphatic rings. The molecule has 0 unspecified atom stereocenters. The number of carbonyl (C=O) groups is 1. The average Bonchev–Trinajstić information content (AvgIpc) is 3.18. The van der Waals surface area contributed by atoms with E-state index >= 15 is 0 Å². The van der Waals surface area contributed by atoms with Gasteiger partial charge in [-0.1, -0.05) is 18.2 Å². The molecular weight excluding hydrogens is 417 g/mol. The minimum Gasteiger partial charge on any atom is -0.321 e. The molecule has 0 atom stereocenters. The van der Waals surface area contributed by atoms with Gasteiger partial charge in [0.2, 0.25) is 0 Å². The van der Waals surface area contributed by atoms with Crippen molar-refractivity contribution in [3.63, 3.8) is 0 Å². The largest absolute Gasteiger partial charge is 0.321 e. The molecule has 2 aromatic carbocycles. The summed E-state index contributed by atoms with van der Waals surface area (Å²) in [5, 5.41) is 2.82. The van der Waals surface area contributed by atoms with E-state index in [0.29, 0.717) is 22.9 Å². The Morgan fingerprint density at radius 1 is 1.16 bits per heavy atom. The normalized spacial score (nSPS) is 11.2. The number of halogens is 1. The molecule has 0 radical (unpaired) electrons. The molecule has 2 heterocycles. The third-order valence-corrected chi connectivity index (χ3v) is 5.69. The second kappa shape index (κ2) is 8.73. The Hall–Kier alpha value is -3.46. The molecule has 0 fully saturated rings. The number of aromatic nitrogens is 4. The molecule has 0 saturated heterocycles. The van der Waals surface area contributed by atoms with Crippen LogP contribution in [-0.2, 0) is 5.75 Å². The number of hydrogen-bond donors (Lipinski definition) is 1. The third-order valence-electron chi connectivity index (χ3n) is 4.58. The maximum absolute atomic E-state index is 13.4. The third kappa shape index (κ3) is 4.51. The molecule has 0 aliphatic carbocycles. The van der Waals surface area contributed by atoms with Crippen LogP contribution >= 0.6 is 11.8 Å². The Morgan fingerprint density at radius 3 is 2.74 bits per heavy atom. The predicted molar refractivity (Wildman–Crippen MR) is 118 cm³/mol. The first kappa shape index (κ1) is 20.8. The van der Waals surface area contributed by atoms with Gasteiger partial charge < -0.3 is 5.32 Å². The van der Waals surface area contributed by atoms with Gasteiger partial charge in [0.05, 0.1) is 11.4 Å². The molecule has 4 aromatic rings. The number of nitrogens with one attached hydrogen (secondary N) is 1. The standard InChI is InChI=1S/C22H20FN5O2S/c1-14(2)27-13-24-22-25-17(11-20(29)28(22)27)12-31-19-9-4-3-8-18(19)26-21(30)15-6-5-7-16(23)10-15/h3-11,13-14H,12H2,1-2H3,(H,26,30). The Balaban J connectivity index is 1.53. The summed E-state index contributed by atoms with van der Waals surface area (Å²) in [7, 11) is 0. The quantitative estimate of drug-likeness (QED) is 0.458. The number of amides is 1. The molecule has 9 heteroatoms. The van der Waals surface area contributed by atoms with Crippen LogP contribution in [0.2, 0.25) is 0 Å². The molecule has 158 valence electrons. The first-order valence-corrected chi connectivity index (χ1v) is 10.7. The highest BCUT2D eigenvalue weighted by molar-refractivity contribution is 7.98. The molecule has 0 aliphatic heterocycles. The van der Waals surface area contributed by atoms with Crippen molar-refractivity contribution in [2.45, 2.75) is 30.5 Å². The summed E-state index contributed by atoms with van der Waals surface area (Å²) in [4.78, 5) is 34.6. The van der Waals surface area contributed by atoms with Crippen molar-refractivity contribution in [3.8, 4) is 0 Å². The number of rotatable bonds is 6. The zero-order valence-electron chi connectivity index (χ0n) is 16.9. The molecule has 0 saturated carbocycles. The van der Waals surface area contributed by atoms with Crippen molar-refractivity contribution in [2.24, 2.45) is 0 Å². The van der Waals surface area contributed by atoms with E-state index in [1.54, 1.807) is 29.2 Å². The van der Waals surface area contributed by atoms with Crippen LogP contribution in [0.4, 0.5) is 10.1 Å². The first-order chi connectivity index (χ1) is 14.9. The first-order valence-electron chi connectivity index (χ1n) is 9.67. The Labute approximate surface area is 181 Å². The Kier molecular flexibility index (Phi) is 5.85. The summed E-state index contributed by atoms with van der Waals surface area (Å²) >= 11 is 1.44. The van der Waals surface area contributed by atoms with Gasteiger partial charge in [-0.05, 0) is 44.2 Å². The zero-order chi connectivity index (χ0) is 22.0. The van der Waals surface area contributed by atoms with Crippen LogP contribution < -0.4 is 10.9 Å². The van der Waals surface area contributed by atoms with Gasteiger partial charge in [0, 0.05) is 28.3 Å². The zero-order valence-corrected chi connectivity index (χ0v) is 17.8. The Morgan fingerprint density at radius 2 is 1.97 bits per heavy atom. The van der Waals surface area contributed by atoms with Gasteiger partial charge in [0.1, 0.15) is 12.1 Å². The van der Waals surface area contributed by atoms with Gasteiger partial charge in [-0.2, -0.15) is 9.50 Å². The van der Waals surface area contributed by atoms with Crippen molar-refractivity contribution in [1.82, 2.24) is 19.2 Å². The summed E-state index contributed by atoms with van der Waals surface area (Å²) in [6.45, 7) is 3.93. The molecule has 2 aromatic heterocycles. The number of para-hydroxylation sites is 1. The van der Waals surface area contributed by atoms with Crippen LogP contribution in [0.1, 0.15) is 35.9 Å². The van der Waals surface area contributed by atoms with Gasteiger partial charge in [-0.25, -0.2) is 9.37 Å². The fraction of sp³-hybridized carbons (Fsp3) is 0.182. The summed E-state index contributed by atoms with van der Waals surface area (Å²) in [5.74, 6) is -0.0929. The fourth-order valence-corrected chi connectivity index (χ4v) is 3.98. The summed E-state index contributed by atoms with van der Waals surface area (Å²) < 4.78 is 16.6. The van der Waals surface area contributed by atoms with E-state index in [1.165, 1.54) is 40.5 Å². The molecule has 0 spiro atoms. The van der Waals surface area contributed by atoms with Crippen LogP contribution in [0, 0.1) is 5.82 Å². The molecule has 1 amide bonds. The van der Waals surface area contributed by atoms with Crippen molar-refractivity contribution in [3.05, 3.63) is 88.4 Å². The van der Waals surface area contributed by atoms with E-state index in [-0.39, 0.29) is 17.2 Å². The molecular formula is C22H20FN5O2S. The van der Waals surface area contributed by atoms with Crippen LogP contribution in [-0.4, -0.2) is 25.1 Å². The summed E-state index contributed by atoms with van der Waals surface area (Å²) in [5.41, 5.74) is 1.24. The number of nitrogens with zero attached hydrogens (tertiary/aromatic N) is 4. The topological polar surface area (TPSA) is 81.3 Å². The van der Waals surface area contributed by atoms with Gasteiger partial charge in [-0.15, -0.1) is 11.8 Å². The molecule has 7 nitrogen and oxygen atoms in total. The number of fused-ring (bicyclic) bond motifs is 1.